The van der Waals surface area contributed by atoms with Gasteiger partial charge in [-0.2, -0.15) is 0 Å². The number of rotatable bonds is 6. The molecule has 0 amide bonds. The lowest BCUT2D eigenvalue weighted by Gasteiger charge is -2.09. The molecule has 0 unspecified atom stereocenters. The molecule has 8 heteroatoms. The Balaban J connectivity index is 2.98. The molecule has 1 aromatic carbocycles. The first-order valence-corrected chi connectivity index (χ1v) is 6.61. The van der Waals surface area contributed by atoms with Gasteiger partial charge in [-0.25, -0.2) is 17.6 Å². The summed E-state index contributed by atoms with van der Waals surface area (Å²) in [5, 5.41) is 8.66. The maximum atomic E-state index is 13.6. The van der Waals surface area contributed by atoms with Gasteiger partial charge in [0.1, 0.15) is 0 Å². The van der Waals surface area contributed by atoms with Gasteiger partial charge < -0.3 is 5.11 Å². The molecule has 0 saturated carbocycles. The number of halogens is 2. The van der Waals surface area contributed by atoms with Crippen molar-refractivity contribution in [3.8, 4) is 0 Å². The van der Waals surface area contributed by atoms with E-state index in [0.717, 1.165) is 12.1 Å². The fourth-order valence-electron chi connectivity index (χ4n) is 1.24. The zero-order valence-electron chi connectivity index (χ0n) is 9.19. The number of carboxylic acid groups (broad SMARTS) is 1. The Morgan fingerprint density at radius 3 is 2.61 bits per heavy atom. The van der Waals surface area contributed by atoms with E-state index in [-0.39, 0.29) is 6.42 Å². The molecule has 0 bridgehead atoms. The lowest BCUT2D eigenvalue weighted by atomic mass is 10.2. The molecular formula is C10H11F2NO4S. The van der Waals surface area contributed by atoms with E-state index >= 15 is 0 Å². The number of carboxylic acids is 1. The van der Waals surface area contributed by atoms with E-state index in [1.807, 2.05) is 4.72 Å². The Kier molecular flexibility index (Phi) is 4.60. The number of hydrogen-bond acceptors (Lipinski definition) is 3. The molecular weight excluding hydrogens is 268 g/mol. The molecule has 0 aliphatic rings. The van der Waals surface area contributed by atoms with Gasteiger partial charge in [-0.05, 0) is 18.6 Å². The van der Waals surface area contributed by atoms with Crippen LogP contribution in [0.3, 0.4) is 0 Å². The van der Waals surface area contributed by atoms with Crippen LogP contribution in [-0.2, 0) is 10.0 Å². The Morgan fingerprint density at radius 1 is 1.39 bits per heavy atom. The van der Waals surface area contributed by atoms with E-state index in [2.05, 4.69) is 0 Å². The summed E-state index contributed by atoms with van der Waals surface area (Å²) in [4.78, 5) is 10.6. The summed E-state index contributed by atoms with van der Waals surface area (Å²) in [5.41, 5.74) is -1.10. The second kappa shape index (κ2) is 5.76. The third-order valence-corrected chi connectivity index (χ3v) is 3.40. The van der Waals surface area contributed by atoms with Crippen LogP contribution in [-0.4, -0.2) is 31.9 Å². The zero-order chi connectivity index (χ0) is 13.8. The molecule has 0 radical (unpaired) electrons. The van der Waals surface area contributed by atoms with Crippen molar-refractivity contribution in [1.29, 1.82) is 0 Å². The van der Waals surface area contributed by atoms with Gasteiger partial charge in [-0.3, -0.25) is 9.11 Å². The van der Waals surface area contributed by atoms with Crippen LogP contribution >= 0.6 is 0 Å². The minimum Gasteiger partial charge on any atom is -0.478 e. The molecule has 0 saturated heterocycles. The third-order valence-electron chi connectivity index (χ3n) is 2.04. The SMILES string of the molecule is O=C(O)c1cccc(NS(=O)(=O)CCCF)c1F. The van der Waals surface area contributed by atoms with Crippen LogP contribution in [0.25, 0.3) is 0 Å². The predicted octanol–water partition coefficient (Wildman–Crippen LogP) is 1.63. The Morgan fingerprint density at radius 2 is 2.06 bits per heavy atom. The Bertz CT molecular complexity index is 545. The van der Waals surface area contributed by atoms with Gasteiger partial charge in [0.05, 0.1) is 23.7 Å². The monoisotopic (exact) mass is 279 g/mol. The van der Waals surface area contributed by atoms with Crippen molar-refractivity contribution in [3.05, 3.63) is 29.6 Å². The number of sulfonamides is 1. The molecule has 0 atom stereocenters. The van der Waals surface area contributed by atoms with Gasteiger partial charge in [-0.15, -0.1) is 0 Å². The van der Waals surface area contributed by atoms with Crippen molar-refractivity contribution in [2.75, 3.05) is 17.1 Å². The van der Waals surface area contributed by atoms with Crippen molar-refractivity contribution in [3.63, 3.8) is 0 Å². The summed E-state index contributed by atoms with van der Waals surface area (Å²) in [7, 11) is -3.88. The molecule has 18 heavy (non-hydrogen) atoms. The van der Waals surface area contributed by atoms with Gasteiger partial charge in [0, 0.05) is 0 Å². The molecule has 0 heterocycles. The van der Waals surface area contributed by atoms with E-state index in [9.17, 15) is 22.0 Å². The number of benzene rings is 1. The number of nitrogens with one attached hydrogen (secondary N) is 1. The van der Waals surface area contributed by atoms with Gasteiger partial charge in [0.25, 0.3) is 0 Å². The number of aromatic carboxylic acids is 1. The lowest BCUT2D eigenvalue weighted by molar-refractivity contribution is 0.0692. The average Bonchev–Trinajstić information content (AvgIpc) is 2.29. The van der Waals surface area contributed by atoms with Crippen molar-refractivity contribution in [2.45, 2.75) is 6.42 Å². The van der Waals surface area contributed by atoms with Crippen LogP contribution in [0, 0.1) is 5.82 Å². The van der Waals surface area contributed by atoms with E-state index < -0.39 is 45.5 Å². The van der Waals surface area contributed by atoms with Crippen molar-refractivity contribution < 1.29 is 27.1 Å². The predicted molar refractivity (Wildman–Crippen MR) is 61.4 cm³/mol. The van der Waals surface area contributed by atoms with Gasteiger partial charge in [0.15, 0.2) is 5.82 Å². The number of alkyl halides is 1. The van der Waals surface area contributed by atoms with Crippen molar-refractivity contribution in [2.24, 2.45) is 0 Å². The number of hydrogen-bond donors (Lipinski definition) is 2. The number of carbonyl (C=O) groups is 1. The van der Waals surface area contributed by atoms with Gasteiger partial charge in [0.2, 0.25) is 10.0 Å². The summed E-state index contributed by atoms with van der Waals surface area (Å²) in [6, 6.07) is 3.31. The molecule has 2 N–H and O–H groups in total. The minimum absolute atomic E-state index is 0.213. The Hall–Kier alpha value is -1.70. The lowest BCUT2D eigenvalue weighted by Crippen LogP contribution is -2.18. The first-order chi connectivity index (χ1) is 8.37. The van der Waals surface area contributed by atoms with Crippen LogP contribution < -0.4 is 4.72 Å². The molecule has 100 valence electrons. The van der Waals surface area contributed by atoms with Crippen LogP contribution in [0.1, 0.15) is 16.8 Å². The van der Waals surface area contributed by atoms with Crippen LogP contribution in [0.5, 0.6) is 0 Å². The number of anilines is 1. The van der Waals surface area contributed by atoms with Crippen molar-refractivity contribution in [1.82, 2.24) is 0 Å². The smallest absolute Gasteiger partial charge is 0.338 e. The third kappa shape index (κ3) is 3.66. The van der Waals surface area contributed by atoms with Gasteiger partial charge in [-0.1, -0.05) is 6.07 Å². The fraction of sp³-hybridized carbons (Fsp3) is 0.300. The van der Waals surface area contributed by atoms with Crippen molar-refractivity contribution >= 4 is 21.7 Å². The zero-order valence-corrected chi connectivity index (χ0v) is 10.0. The molecule has 0 spiro atoms. The second-order valence-corrected chi connectivity index (χ2v) is 5.28. The maximum Gasteiger partial charge on any atom is 0.338 e. The highest BCUT2D eigenvalue weighted by Crippen LogP contribution is 2.19. The second-order valence-electron chi connectivity index (χ2n) is 3.44. The van der Waals surface area contributed by atoms with E-state index in [1.54, 1.807) is 0 Å². The first kappa shape index (κ1) is 14.4. The molecule has 0 fully saturated rings. The average molecular weight is 279 g/mol. The van der Waals surface area contributed by atoms with Crippen LogP contribution in [0.4, 0.5) is 14.5 Å². The summed E-state index contributed by atoms with van der Waals surface area (Å²) >= 11 is 0. The highest BCUT2D eigenvalue weighted by molar-refractivity contribution is 7.92. The van der Waals surface area contributed by atoms with Crippen LogP contribution in [0.2, 0.25) is 0 Å². The quantitative estimate of drug-likeness (QED) is 0.829. The highest BCUT2D eigenvalue weighted by atomic mass is 32.2. The van der Waals surface area contributed by atoms with E-state index in [4.69, 9.17) is 5.11 Å². The summed E-state index contributed by atoms with van der Waals surface area (Å²) < 4.78 is 50.1. The van der Waals surface area contributed by atoms with Crippen LogP contribution in [0.15, 0.2) is 18.2 Å². The molecule has 0 aliphatic carbocycles. The first-order valence-electron chi connectivity index (χ1n) is 4.95. The standard InChI is InChI=1S/C10H11F2NO4S/c11-5-2-6-18(16,17)13-8-4-1-3-7(9(8)12)10(14)15/h1,3-4,13H,2,5-6H2,(H,14,15). The topological polar surface area (TPSA) is 83.5 Å². The molecule has 5 nitrogen and oxygen atoms in total. The molecule has 0 aliphatic heterocycles. The van der Waals surface area contributed by atoms with E-state index in [0.29, 0.717) is 0 Å². The normalized spacial score (nSPS) is 11.2. The van der Waals surface area contributed by atoms with Gasteiger partial charge >= 0.3 is 5.97 Å². The minimum atomic E-state index is -3.88. The maximum absolute atomic E-state index is 13.6. The molecule has 1 aromatic rings. The largest absolute Gasteiger partial charge is 0.478 e. The summed E-state index contributed by atoms with van der Waals surface area (Å²) in [6.07, 6.45) is -0.213. The fourth-order valence-corrected chi connectivity index (χ4v) is 2.32. The summed E-state index contributed by atoms with van der Waals surface area (Å²) in [6.45, 7) is -0.807. The van der Waals surface area contributed by atoms with E-state index in [1.165, 1.54) is 6.07 Å². The Labute approximate surface area is 102 Å². The molecule has 1 rings (SSSR count). The highest BCUT2D eigenvalue weighted by Gasteiger charge is 2.17. The summed E-state index contributed by atoms with van der Waals surface area (Å²) in [5.74, 6) is -3.17. The molecule has 0 aromatic heterocycles.